The van der Waals surface area contributed by atoms with Crippen LogP contribution in [0.2, 0.25) is 0 Å². The van der Waals surface area contributed by atoms with E-state index < -0.39 is 0 Å². The van der Waals surface area contributed by atoms with E-state index in [0.717, 1.165) is 43.7 Å². The molecular formula is C20H29NO3. The van der Waals surface area contributed by atoms with Gasteiger partial charge in [-0.2, -0.15) is 0 Å². The first kappa shape index (κ1) is 17.3. The second kappa shape index (κ2) is 6.77. The maximum atomic E-state index is 10.5. The second-order valence-electron chi connectivity index (χ2n) is 7.38. The molecule has 24 heavy (non-hydrogen) atoms. The van der Waals surface area contributed by atoms with Gasteiger partial charge in [0.25, 0.3) is 0 Å². The first-order chi connectivity index (χ1) is 11.5. The van der Waals surface area contributed by atoms with Crippen molar-refractivity contribution >= 4 is 6.08 Å². The molecule has 1 saturated carbocycles. The largest absolute Gasteiger partial charge is 0.493 e. The number of hydrogen-bond donors (Lipinski definition) is 1. The van der Waals surface area contributed by atoms with Crippen LogP contribution in [0.15, 0.2) is 18.2 Å². The standard InChI is InChI=1S/C20H29NO3/c1-21(2)12-11-20-13-16(22)9-8-15(20)7-5-14-6-10-17(23-3)19(24-4)18(14)20/h5-7,10,15-16,22H,8-9,11-13H2,1-4H3/t15-,16-,20+/m0/s1. The average Bonchev–Trinajstić information content (AvgIpc) is 2.58. The third-order valence-corrected chi connectivity index (χ3v) is 5.71. The van der Waals surface area contributed by atoms with Gasteiger partial charge in [-0.1, -0.05) is 18.2 Å². The number of methoxy groups -OCH3 is 2. The molecule has 0 spiro atoms. The summed E-state index contributed by atoms with van der Waals surface area (Å²) in [6.45, 7) is 0.983. The van der Waals surface area contributed by atoms with Gasteiger partial charge in [-0.25, -0.2) is 0 Å². The highest BCUT2D eigenvalue weighted by atomic mass is 16.5. The predicted octanol–water partition coefficient (Wildman–Crippen LogP) is 3.08. The van der Waals surface area contributed by atoms with Crippen LogP contribution in [-0.2, 0) is 5.41 Å². The Balaban J connectivity index is 2.17. The number of benzene rings is 1. The number of hydrogen-bond acceptors (Lipinski definition) is 4. The van der Waals surface area contributed by atoms with Crippen LogP contribution in [0.25, 0.3) is 6.08 Å². The second-order valence-corrected chi connectivity index (χ2v) is 7.38. The summed E-state index contributed by atoms with van der Waals surface area (Å²) in [7, 11) is 7.60. The molecule has 0 bridgehead atoms. The summed E-state index contributed by atoms with van der Waals surface area (Å²) in [6.07, 6.45) is 7.99. The van der Waals surface area contributed by atoms with E-state index in [1.165, 1.54) is 11.1 Å². The first-order valence-corrected chi connectivity index (χ1v) is 8.78. The van der Waals surface area contributed by atoms with Crippen molar-refractivity contribution in [1.82, 2.24) is 4.90 Å². The maximum Gasteiger partial charge on any atom is 0.165 e. The van der Waals surface area contributed by atoms with Gasteiger partial charge in [-0.15, -0.1) is 0 Å². The Morgan fingerprint density at radius 1 is 1.21 bits per heavy atom. The van der Waals surface area contributed by atoms with Crippen LogP contribution in [0.5, 0.6) is 11.5 Å². The van der Waals surface area contributed by atoms with E-state index in [0.29, 0.717) is 5.92 Å². The number of fused-ring (bicyclic) bond motifs is 3. The summed E-state index contributed by atoms with van der Waals surface area (Å²) >= 11 is 0. The van der Waals surface area contributed by atoms with Crippen LogP contribution in [0.3, 0.4) is 0 Å². The molecule has 2 aliphatic carbocycles. The van der Waals surface area contributed by atoms with Crippen molar-refractivity contribution in [3.05, 3.63) is 29.3 Å². The summed E-state index contributed by atoms with van der Waals surface area (Å²) in [6, 6.07) is 4.09. The molecule has 132 valence electrons. The fourth-order valence-corrected chi connectivity index (χ4v) is 4.54. The Morgan fingerprint density at radius 2 is 2.00 bits per heavy atom. The van der Waals surface area contributed by atoms with Gasteiger partial charge in [-0.05, 0) is 63.9 Å². The molecule has 1 N–H and O–H groups in total. The first-order valence-electron chi connectivity index (χ1n) is 8.78. The smallest absolute Gasteiger partial charge is 0.165 e. The summed E-state index contributed by atoms with van der Waals surface area (Å²) in [5.74, 6) is 2.04. The number of aliphatic hydroxyl groups is 1. The Labute approximate surface area is 145 Å². The third kappa shape index (κ3) is 2.82. The molecule has 1 aromatic carbocycles. The normalized spacial score (nSPS) is 28.4. The molecule has 0 unspecified atom stereocenters. The summed E-state index contributed by atoms with van der Waals surface area (Å²) < 4.78 is 11.4. The van der Waals surface area contributed by atoms with E-state index >= 15 is 0 Å². The zero-order valence-corrected chi connectivity index (χ0v) is 15.2. The average molecular weight is 331 g/mol. The minimum Gasteiger partial charge on any atom is -0.493 e. The monoisotopic (exact) mass is 331 g/mol. The molecule has 3 rings (SSSR count). The van der Waals surface area contributed by atoms with Crippen LogP contribution in [0.1, 0.15) is 36.8 Å². The molecule has 1 aromatic rings. The molecule has 2 aliphatic rings. The fourth-order valence-electron chi connectivity index (χ4n) is 4.54. The fraction of sp³-hybridized carbons (Fsp3) is 0.600. The lowest BCUT2D eigenvalue weighted by Crippen LogP contribution is -2.45. The molecule has 4 nitrogen and oxygen atoms in total. The Kier molecular flexibility index (Phi) is 4.88. The molecule has 4 heteroatoms. The van der Waals surface area contributed by atoms with Crippen molar-refractivity contribution in [1.29, 1.82) is 0 Å². The van der Waals surface area contributed by atoms with Gasteiger partial charge in [0.15, 0.2) is 11.5 Å². The Bertz CT molecular complexity index is 626. The zero-order valence-electron chi connectivity index (χ0n) is 15.2. The van der Waals surface area contributed by atoms with E-state index in [1.54, 1.807) is 14.2 Å². The number of nitrogens with zero attached hydrogens (tertiary/aromatic N) is 1. The highest BCUT2D eigenvalue weighted by Gasteiger charge is 2.48. The topological polar surface area (TPSA) is 41.9 Å². The van der Waals surface area contributed by atoms with E-state index in [4.69, 9.17) is 9.47 Å². The van der Waals surface area contributed by atoms with Crippen molar-refractivity contribution in [2.45, 2.75) is 37.2 Å². The quantitative estimate of drug-likeness (QED) is 0.900. The molecule has 0 aliphatic heterocycles. The Morgan fingerprint density at radius 3 is 2.67 bits per heavy atom. The SMILES string of the molecule is COc1ccc2c(c1OC)[C@]1(CCN(C)C)C[C@@H](O)CC[C@@H]1C=C2. The highest BCUT2D eigenvalue weighted by molar-refractivity contribution is 5.68. The maximum absolute atomic E-state index is 10.5. The Hall–Kier alpha value is -1.52. The number of ether oxygens (including phenoxy) is 2. The number of allylic oxidation sites excluding steroid dienone is 1. The molecular weight excluding hydrogens is 302 g/mol. The van der Waals surface area contributed by atoms with Gasteiger partial charge >= 0.3 is 0 Å². The molecule has 0 radical (unpaired) electrons. The highest BCUT2D eigenvalue weighted by Crippen LogP contribution is 2.55. The molecule has 0 heterocycles. The summed E-state index contributed by atoms with van der Waals surface area (Å²) in [5, 5.41) is 10.5. The van der Waals surface area contributed by atoms with Gasteiger partial charge in [0.2, 0.25) is 0 Å². The van der Waals surface area contributed by atoms with Crippen LogP contribution in [0, 0.1) is 5.92 Å². The van der Waals surface area contributed by atoms with Crippen LogP contribution >= 0.6 is 0 Å². The van der Waals surface area contributed by atoms with Crippen LogP contribution in [-0.4, -0.2) is 51.0 Å². The molecule has 0 amide bonds. The number of rotatable bonds is 5. The van der Waals surface area contributed by atoms with E-state index in [9.17, 15) is 5.11 Å². The van der Waals surface area contributed by atoms with E-state index in [2.05, 4.69) is 37.2 Å². The molecule has 1 fully saturated rings. The van der Waals surface area contributed by atoms with Crippen molar-refractivity contribution < 1.29 is 14.6 Å². The van der Waals surface area contributed by atoms with Crippen LogP contribution in [0.4, 0.5) is 0 Å². The lowest BCUT2D eigenvalue weighted by molar-refractivity contribution is 0.0518. The minimum absolute atomic E-state index is 0.0914. The summed E-state index contributed by atoms with van der Waals surface area (Å²) in [5.41, 5.74) is 2.32. The minimum atomic E-state index is -0.251. The van der Waals surface area contributed by atoms with Crippen molar-refractivity contribution in [2.75, 3.05) is 34.9 Å². The predicted molar refractivity (Wildman–Crippen MR) is 96.8 cm³/mol. The summed E-state index contributed by atoms with van der Waals surface area (Å²) in [4.78, 5) is 2.22. The van der Waals surface area contributed by atoms with E-state index in [1.807, 2.05) is 6.07 Å². The van der Waals surface area contributed by atoms with Gasteiger partial charge < -0.3 is 19.5 Å². The molecule has 0 aromatic heterocycles. The van der Waals surface area contributed by atoms with Gasteiger partial charge in [0, 0.05) is 11.0 Å². The zero-order chi connectivity index (χ0) is 17.3. The lowest BCUT2D eigenvalue weighted by Gasteiger charge is -2.49. The van der Waals surface area contributed by atoms with Crippen molar-refractivity contribution in [2.24, 2.45) is 5.92 Å². The van der Waals surface area contributed by atoms with Crippen molar-refractivity contribution in [3.63, 3.8) is 0 Å². The number of aliphatic hydroxyl groups excluding tert-OH is 1. The third-order valence-electron chi connectivity index (χ3n) is 5.71. The van der Waals surface area contributed by atoms with Gasteiger partial charge in [-0.3, -0.25) is 0 Å². The lowest BCUT2D eigenvalue weighted by atomic mass is 9.57. The van der Waals surface area contributed by atoms with Gasteiger partial charge in [0.05, 0.1) is 20.3 Å². The molecule has 0 saturated heterocycles. The van der Waals surface area contributed by atoms with Crippen LogP contribution < -0.4 is 9.47 Å². The molecule has 3 atom stereocenters. The van der Waals surface area contributed by atoms with Gasteiger partial charge in [0.1, 0.15) is 0 Å². The van der Waals surface area contributed by atoms with Crippen molar-refractivity contribution in [3.8, 4) is 11.5 Å². The van der Waals surface area contributed by atoms with E-state index in [-0.39, 0.29) is 11.5 Å².